The molecule has 1 heterocycles. The van der Waals surface area contributed by atoms with E-state index >= 15 is 0 Å². The fourth-order valence-electron chi connectivity index (χ4n) is 1.97. The second-order valence-corrected chi connectivity index (χ2v) is 5.29. The van der Waals surface area contributed by atoms with Gasteiger partial charge >= 0.3 is 0 Å². The molecule has 0 aromatic heterocycles. The van der Waals surface area contributed by atoms with Crippen LogP contribution in [0.3, 0.4) is 0 Å². The number of likely N-dealkylation sites (tertiary alicyclic amines) is 1. The molecule has 1 aliphatic rings. The van der Waals surface area contributed by atoms with Gasteiger partial charge in [0.25, 0.3) is 0 Å². The van der Waals surface area contributed by atoms with Gasteiger partial charge in [-0.25, -0.2) is 4.39 Å². The number of rotatable bonds is 3. The monoisotopic (exact) mass is 319 g/mol. The van der Waals surface area contributed by atoms with Crippen LogP contribution in [0.15, 0.2) is 18.2 Å². The first-order valence-corrected chi connectivity index (χ1v) is 6.87. The van der Waals surface area contributed by atoms with Crippen molar-refractivity contribution in [1.29, 1.82) is 0 Å². The molecular formula is C12H12BrClFNO. The molecule has 1 atom stereocenters. The summed E-state index contributed by atoms with van der Waals surface area (Å²) in [5.41, 5.74) is 0.789. The zero-order chi connectivity index (χ0) is 12.4. The molecule has 2 nitrogen and oxygen atoms in total. The lowest BCUT2D eigenvalue weighted by atomic mass is 10.2. The highest BCUT2D eigenvalue weighted by Crippen LogP contribution is 2.24. The molecule has 0 spiro atoms. The Morgan fingerprint density at radius 1 is 1.53 bits per heavy atom. The quantitative estimate of drug-likeness (QED) is 0.783. The molecule has 92 valence electrons. The standard InChI is InChI=1S/C12H12BrClFNO/c13-5-8-3-12(17)16(6-8)7-9-1-2-10(15)4-11(9)14/h1-2,4,8H,3,5-7H2. The summed E-state index contributed by atoms with van der Waals surface area (Å²) >= 11 is 9.32. The molecule has 17 heavy (non-hydrogen) atoms. The van der Waals surface area contributed by atoms with Crippen LogP contribution in [-0.2, 0) is 11.3 Å². The molecule has 0 radical (unpaired) electrons. The molecule has 1 saturated heterocycles. The Labute approximate surface area is 113 Å². The fourth-order valence-corrected chi connectivity index (χ4v) is 2.63. The van der Waals surface area contributed by atoms with E-state index in [1.54, 1.807) is 11.0 Å². The molecular weight excluding hydrogens is 308 g/mol. The topological polar surface area (TPSA) is 20.3 Å². The van der Waals surface area contributed by atoms with Gasteiger partial charge in [0.05, 0.1) is 0 Å². The van der Waals surface area contributed by atoms with E-state index in [1.165, 1.54) is 12.1 Å². The fraction of sp³-hybridized carbons (Fsp3) is 0.417. The lowest BCUT2D eigenvalue weighted by molar-refractivity contribution is -0.128. The number of nitrogens with zero attached hydrogens (tertiary/aromatic N) is 1. The van der Waals surface area contributed by atoms with Crippen LogP contribution in [-0.4, -0.2) is 22.7 Å². The van der Waals surface area contributed by atoms with Gasteiger partial charge in [-0.1, -0.05) is 33.6 Å². The van der Waals surface area contributed by atoms with Gasteiger partial charge in [-0.05, 0) is 23.6 Å². The second-order valence-electron chi connectivity index (χ2n) is 4.23. The predicted molar refractivity (Wildman–Crippen MR) is 68.7 cm³/mol. The third-order valence-electron chi connectivity index (χ3n) is 2.89. The number of carbonyl (C=O) groups is 1. The third kappa shape index (κ3) is 2.99. The van der Waals surface area contributed by atoms with Crippen molar-refractivity contribution in [2.24, 2.45) is 5.92 Å². The van der Waals surface area contributed by atoms with Crippen LogP contribution in [0.1, 0.15) is 12.0 Å². The maximum atomic E-state index is 12.9. The summed E-state index contributed by atoms with van der Waals surface area (Å²) in [6, 6.07) is 4.27. The Bertz CT molecular complexity index is 441. The highest BCUT2D eigenvalue weighted by molar-refractivity contribution is 9.09. The summed E-state index contributed by atoms with van der Waals surface area (Å²) in [5.74, 6) is 0.140. The summed E-state index contributed by atoms with van der Waals surface area (Å²) in [6.45, 7) is 1.19. The largest absolute Gasteiger partial charge is 0.338 e. The van der Waals surface area contributed by atoms with Crippen molar-refractivity contribution >= 4 is 33.4 Å². The zero-order valence-electron chi connectivity index (χ0n) is 9.13. The van der Waals surface area contributed by atoms with Crippen LogP contribution in [0.5, 0.6) is 0 Å². The molecule has 0 aliphatic carbocycles. The summed E-state index contributed by atoms with van der Waals surface area (Å²) in [6.07, 6.45) is 0.573. The molecule has 1 fully saturated rings. The van der Waals surface area contributed by atoms with Gasteiger partial charge in [-0.15, -0.1) is 0 Å². The van der Waals surface area contributed by atoms with Crippen molar-refractivity contribution in [3.8, 4) is 0 Å². The summed E-state index contributed by atoms with van der Waals surface area (Å²) in [7, 11) is 0. The molecule has 1 aromatic carbocycles. The molecule has 0 N–H and O–H groups in total. The first-order chi connectivity index (χ1) is 8.10. The third-order valence-corrected chi connectivity index (χ3v) is 4.16. The molecule has 0 saturated carbocycles. The maximum absolute atomic E-state index is 12.9. The number of amides is 1. The van der Waals surface area contributed by atoms with E-state index in [4.69, 9.17) is 11.6 Å². The van der Waals surface area contributed by atoms with Gasteiger partial charge < -0.3 is 4.90 Å². The van der Waals surface area contributed by atoms with Gasteiger partial charge in [-0.3, -0.25) is 4.79 Å². The lowest BCUT2D eigenvalue weighted by Crippen LogP contribution is -2.24. The molecule has 1 unspecified atom stereocenters. The summed E-state index contributed by atoms with van der Waals surface area (Å²) < 4.78 is 12.9. The summed E-state index contributed by atoms with van der Waals surface area (Å²) in [5, 5.41) is 1.20. The van der Waals surface area contributed by atoms with Crippen LogP contribution < -0.4 is 0 Å². The molecule has 0 bridgehead atoms. The smallest absolute Gasteiger partial charge is 0.223 e. The minimum atomic E-state index is -0.357. The Balaban J connectivity index is 2.08. The molecule has 1 aromatic rings. The zero-order valence-corrected chi connectivity index (χ0v) is 11.5. The number of alkyl halides is 1. The van der Waals surface area contributed by atoms with Crippen LogP contribution in [0.2, 0.25) is 5.02 Å². The number of halogens is 3. The lowest BCUT2D eigenvalue weighted by Gasteiger charge is -2.17. The Morgan fingerprint density at radius 2 is 2.29 bits per heavy atom. The van der Waals surface area contributed by atoms with E-state index in [0.29, 0.717) is 23.9 Å². The summed E-state index contributed by atoms with van der Waals surface area (Å²) in [4.78, 5) is 13.5. The van der Waals surface area contributed by atoms with Crippen molar-refractivity contribution in [3.63, 3.8) is 0 Å². The minimum absolute atomic E-state index is 0.134. The van der Waals surface area contributed by atoms with E-state index in [1.807, 2.05) is 0 Å². The van der Waals surface area contributed by atoms with Crippen molar-refractivity contribution in [3.05, 3.63) is 34.6 Å². The SMILES string of the molecule is O=C1CC(CBr)CN1Cc1ccc(F)cc1Cl. The average molecular weight is 321 g/mol. The van der Waals surface area contributed by atoms with E-state index in [2.05, 4.69) is 15.9 Å². The highest BCUT2D eigenvalue weighted by Gasteiger charge is 2.28. The van der Waals surface area contributed by atoms with Crippen LogP contribution in [0, 0.1) is 11.7 Å². The van der Waals surface area contributed by atoms with Gasteiger partial charge in [0.1, 0.15) is 5.82 Å². The molecule has 5 heteroatoms. The van der Waals surface area contributed by atoms with Gasteiger partial charge in [0, 0.05) is 29.9 Å². The molecule has 1 amide bonds. The Hall–Kier alpha value is -0.610. The first kappa shape index (κ1) is 12.8. The van der Waals surface area contributed by atoms with E-state index in [-0.39, 0.29) is 11.7 Å². The van der Waals surface area contributed by atoms with Gasteiger partial charge in [0.2, 0.25) is 5.91 Å². The van der Waals surface area contributed by atoms with Crippen LogP contribution >= 0.6 is 27.5 Å². The van der Waals surface area contributed by atoms with Gasteiger partial charge in [-0.2, -0.15) is 0 Å². The van der Waals surface area contributed by atoms with Crippen molar-refractivity contribution in [2.45, 2.75) is 13.0 Å². The Morgan fingerprint density at radius 3 is 2.88 bits per heavy atom. The average Bonchev–Trinajstić information content (AvgIpc) is 2.64. The van der Waals surface area contributed by atoms with Gasteiger partial charge in [0.15, 0.2) is 0 Å². The van der Waals surface area contributed by atoms with E-state index in [9.17, 15) is 9.18 Å². The van der Waals surface area contributed by atoms with Crippen LogP contribution in [0.4, 0.5) is 4.39 Å². The van der Waals surface area contributed by atoms with E-state index < -0.39 is 0 Å². The second kappa shape index (κ2) is 5.36. The Kier molecular flexibility index (Phi) is 4.05. The minimum Gasteiger partial charge on any atom is -0.338 e. The predicted octanol–water partition coefficient (Wildman–Crippen LogP) is 3.22. The van der Waals surface area contributed by atoms with E-state index in [0.717, 1.165) is 17.4 Å². The first-order valence-electron chi connectivity index (χ1n) is 5.38. The molecule has 2 rings (SSSR count). The number of hydrogen-bond donors (Lipinski definition) is 0. The van der Waals surface area contributed by atoms with Crippen LogP contribution in [0.25, 0.3) is 0 Å². The number of hydrogen-bond acceptors (Lipinski definition) is 1. The van der Waals surface area contributed by atoms with Crippen molar-refractivity contribution in [1.82, 2.24) is 4.90 Å². The maximum Gasteiger partial charge on any atom is 0.223 e. The molecule has 1 aliphatic heterocycles. The number of carbonyl (C=O) groups excluding carboxylic acids is 1. The van der Waals surface area contributed by atoms with Crippen molar-refractivity contribution in [2.75, 3.05) is 11.9 Å². The number of benzene rings is 1. The normalized spacial score (nSPS) is 20.1. The highest BCUT2D eigenvalue weighted by atomic mass is 79.9. The van der Waals surface area contributed by atoms with Crippen molar-refractivity contribution < 1.29 is 9.18 Å².